The van der Waals surface area contributed by atoms with Gasteiger partial charge in [-0.1, -0.05) is 20.8 Å². The Labute approximate surface area is 167 Å². The fraction of sp³-hybridized carbons (Fsp3) is 0.565. The number of anilines is 1. The van der Waals surface area contributed by atoms with E-state index in [4.69, 9.17) is 9.97 Å². The first-order chi connectivity index (χ1) is 13.3. The highest BCUT2D eigenvalue weighted by Crippen LogP contribution is 2.40. The van der Waals surface area contributed by atoms with Gasteiger partial charge >= 0.3 is 0 Å². The van der Waals surface area contributed by atoms with Crippen LogP contribution in [0, 0.1) is 5.41 Å². The Morgan fingerprint density at radius 2 is 2.00 bits per heavy atom. The van der Waals surface area contributed by atoms with Gasteiger partial charge in [0, 0.05) is 30.9 Å². The fourth-order valence-electron chi connectivity index (χ4n) is 4.07. The molecule has 2 aromatic rings. The van der Waals surface area contributed by atoms with Gasteiger partial charge in [0.05, 0.1) is 6.54 Å². The molecule has 2 aromatic heterocycles. The van der Waals surface area contributed by atoms with Crippen LogP contribution < -0.4 is 4.90 Å². The quantitative estimate of drug-likeness (QED) is 0.748. The molecule has 28 heavy (non-hydrogen) atoms. The summed E-state index contributed by atoms with van der Waals surface area (Å²) in [7, 11) is 1.97. The highest BCUT2D eigenvalue weighted by atomic mass is 16.1. The molecule has 1 fully saturated rings. The lowest BCUT2D eigenvalue weighted by atomic mass is 9.90. The molecular formula is C23H30N4O. The van der Waals surface area contributed by atoms with Crippen LogP contribution in [-0.4, -0.2) is 34.3 Å². The topological polar surface area (TPSA) is 59.0 Å². The smallest absolute Gasteiger partial charge is 0.180 e. The number of aromatic nitrogens is 3. The molecule has 0 aliphatic heterocycles. The maximum absolute atomic E-state index is 12.5. The summed E-state index contributed by atoms with van der Waals surface area (Å²) in [5.74, 6) is 2.51. The van der Waals surface area contributed by atoms with Crippen LogP contribution in [0.3, 0.4) is 0 Å². The molecule has 5 heteroatoms. The molecule has 4 rings (SSSR count). The highest BCUT2D eigenvalue weighted by molar-refractivity contribution is 5.84. The number of carbonyl (C=O) groups is 1. The minimum absolute atomic E-state index is 0.00384. The average Bonchev–Trinajstić information content (AvgIpc) is 3.36. The predicted octanol–water partition coefficient (Wildman–Crippen LogP) is 4.35. The number of rotatable bonds is 6. The SMILES string of the molecule is CN(CC(=O)CC(C)(C)C)c1nc(-c2cc(C3CC3)ccn2)nc2c1CCC2. The van der Waals surface area contributed by atoms with Gasteiger partial charge in [-0.2, -0.15) is 0 Å². The van der Waals surface area contributed by atoms with Gasteiger partial charge in [-0.3, -0.25) is 9.78 Å². The van der Waals surface area contributed by atoms with Crippen molar-refractivity contribution in [2.45, 2.75) is 65.2 Å². The van der Waals surface area contributed by atoms with E-state index in [0.717, 1.165) is 36.5 Å². The van der Waals surface area contributed by atoms with Crippen molar-refractivity contribution < 1.29 is 4.79 Å². The normalized spacial score (nSPS) is 16.1. The zero-order valence-corrected chi connectivity index (χ0v) is 17.5. The Balaban J connectivity index is 1.64. The van der Waals surface area contributed by atoms with Gasteiger partial charge in [-0.15, -0.1) is 0 Å². The van der Waals surface area contributed by atoms with Crippen molar-refractivity contribution in [1.29, 1.82) is 0 Å². The summed E-state index contributed by atoms with van der Waals surface area (Å²) in [5, 5.41) is 0. The molecule has 2 heterocycles. The fourth-order valence-corrected chi connectivity index (χ4v) is 4.07. The Morgan fingerprint density at radius 3 is 2.71 bits per heavy atom. The van der Waals surface area contributed by atoms with E-state index in [-0.39, 0.29) is 11.2 Å². The largest absolute Gasteiger partial charge is 0.352 e. The third-order valence-electron chi connectivity index (χ3n) is 5.48. The Morgan fingerprint density at radius 1 is 1.21 bits per heavy atom. The number of ketones is 1. The molecule has 0 radical (unpaired) electrons. The van der Waals surface area contributed by atoms with Gasteiger partial charge in [0.1, 0.15) is 11.5 Å². The van der Waals surface area contributed by atoms with Crippen LogP contribution in [0.4, 0.5) is 5.82 Å². The van der Waals surface area contributed by atoms with E-state index in [9.17, 15) is 4.79 Å². The number of likely N-dealkylation sites (N-methyl/N-ethyl adjacent to an activating group) is 1. The van der Waals surface area contributed by atoms with Crippen molar-refractivity contribution in [2.24, 2.45) is 5.41 Å². The lowest BCUT2D eigenvalue weighted by molar-refractivity contribution is -0.119. The molecule has 2 aliphatic carbocycles. The molecule has 0 saturated heterocycles. The van der Waals surface area contributed by atoms with Gasteiger partial charge in [0.25, 0.3) is 0 Å². The van der Waals surface area contributed by atoms with E-state index in [1.807, 2.05) is 18.1 Å². The number of carbonyl (C=O) groups excluding carboxylic acids is 1. The Kier molecular flexibility index (Phi) is 4.94. The maximum atomic E-state index is 12.5. The van der Waals surface area contributed by atoms with Crippen molar-refractivity contribution in [3.05, 3.63) is 35.2 Å². The molecule has 1 saturated carbocycles. The van der Waals surface area contributed by atoms with Crippen molar-refractivity contribution >= 4 is 11.6 Å². The average molecular weight is 379 g/mol. The molecule has 0 unspecified atom stereocenters. The first kappa shape index (κ1) is 19.0. The van der Waals surface area contributed by atoms with E-state index >= 15 is 0 Å². The van der Waals surface area contributed by atoms with Crippen LogP contribution in [0.25, 0.3) is 11.5 Å². The first-order valence-electron chi connectivity index (χ1n) is 10.4. The number of pyridine rings is 1. The molecule has 0 N–H and O–H groups in total. The van der Waals surface area contributed by atoms with Gasteiger partial charge in [0.15, 0.2) is 11.6 Å². The predicted molar refractivity (Wildman–Crippen MR) is 112 cm³/mol. The van der Waals surface area contributed by atoms with Crippen LogP contribution >= 0.6 is 0 Å². The Bertz CT molecular complexity index is 896. The number of hydrogen-bond acceptors (Lipinski definition) is 5. The summed E-state index contributed by atoms with van der Waals surface area (Å²) in [6.45, 7) is 6.69. The summed E-state index contributed by atoms with van der Waals surface area (Å²) in [5.41, 5.74) is 4.50. The molecular weight excluding hydrogens is 348 g/mol. The van der Waals surface area contributed by atoms with Crippen molar-refractivity contribution in [1.82, 2.24) is 15.0 Å². The molecule has 148 valence electrons. The standard InChI is InChI=1S/C23H30N4O/c1-23(2,3)13-17(28)14-27(4)22-18-6-5-7-19(18)25-21(26-22)20-12-16(10-11-24-20)15-8-9-15/h10-12,15H,5-9,13-14H2,1-4H3. The van der Waals surface area contributed by atoms with Crippen LogP contribution in [0.1, 0.15) is 69.2 Å². The van der Waals surface area contributed by atoms with Crippen LogP contribution in [-0.2, 0) is 17.6 Å². The van der Waals surface area contributed by atoms with Crippen molar-refractivity contribution in [2.75, 3.05) is 18.5 Å². The van der Waals surface area contributed by atoms with Gasteiger partial charge in [0.2, 0.25) is 0 Å². The number of Topliss-reactive ketones (excluding diaryl/α,β-unsaturated/α-hetero) is 1. The number of hydrogen-bond donors (Lipinski definition) is 0. The minimum atomic E-state index is 0.00384. The summed E-state index contributed by atoms with van der Waals surface area (Å²) in [6.07, 6.45) is 8.02. The summed E-state index contributed by atoms with van der Waals surface area (Å²) >= 11 is 0. The molecule has 0 aromatic carbocycles. The zero-order chi connectivity index (χ0) is 19.9. The van der Waals surface area contributed by atoms with Crippen LogP contribution in [0.15, 0.2) is 18.3 Å². The maximum Gasteiger partial charge on any atom is 0.180 e. The van der Waals surface area contributed by atoms with Gasteiger partial charge in [-0.05, 0) is 61.1 Å². The Hall–Kier alpha value is -2.30. The van der Waals surface area contributed by atoms with Crippen molar-refractivity contribution in [3.8, 4) is 11.5 Å². The zero-order valence-electron chi connectivity index (χ0n) is 17.5. The second-order valence-corrected chi connectivity index (χ2v) is 9.53. The molecule has 2 aliphatic rings. The summed E-state index contributed by atoms with van der Waals surface area (Å²) in [6, 6.07) is 4.25. The monoisotopic (exact) mass is 378 g/mol. The first-order valence-corrected chi connectivity index (χ1v) is 10.4. The van der Waals surface area contributed by atoms with E-state index < -0.39 is 0 Å². The molecule has 0 amide bonds. The lowest BCUT2D eigenvalue weighted by Crippen LogP contribution is -2.30. The lowest BCUT2D eigenvalue weighted by Gasteiger charge is -2.23. The third kappa shape index (κ3) is 4.23. The van der Waals surface area contributed by atoms with E-state index in [2.05, 4.69) is 37.9 Å². The molecule has 0 spiro atoms. The molecule has 0 atom stereocenters. The molecule has 0 bridgehead atoms. The van der Waals surface area contributed by atoms with E-state index in [0.29, 0.717) is 24.7 Å². The number of aryl methyl sites for hydroxylation is 1. The van der Waals surface area contributed by atoms with E-state index in [1.165, 1.54) is 24.0 Å². The highest BCUT2D eigenvalue weighted by Gasteiger charge is 2.26. The summed E-state index contributed by atoms with van der Waals surface area (Å²) < 4.78 is 0. The van der Waals surface area contributed by atoms with Crippen molar-refractivity contribution in [3.63, 3.8) is 0 Å². The van der Waals surface area contributed by atoms with Gasteiger partial charge in [-0.25, -0.2) is 9.97 Å². The van der Waals surface area contributed by atoms with Crippen LogP contribution in [0.5, 0.6) is 0 Å². The second-order valence-electron chi connectivity index (χ2n) is 9.53. The van der Waals surface area contributed by atoms with Crippen LogP contribution in [0.2, 0.25) is 0 Å². The second kappa shape index (κ2) is 7.26. The minimum Gasteiger partial charge on any atom is -0.352 e. The van der Waals surface area contributed by atoms with Gasteiger partial charge < -0.3 is 4.90 Å². The summed E-state index contributed by atoms with van der Waals surface area (Å²) in [4.78, 5) is 28.8. The van der Waals surface area contributed by atoms with E-state index in [1.54, 1.807) is 0 Å². The number of fused-ring (bicyclic) bond motifs is 1. The third-order valence-corrected chi connectivity index (χ3v) is 5.48. The molecule has 5 nitrogen and oxygen atoms in total. The number of nitrogens with zero attached hydrogens (tertiary/aromatic N) is 4.